The molecule has 6 nitrogen and oxygen atoms in total. The number of furan rings is 1. The highest BCUT2D eigenvalue weighted by Crippen LogP contribution is 2.37. The van der Waals surface area contributed by atoms with Gasteiger partial charge in [0.15, 0.2) is 0 Å². The smallest absolute Gasteiger partial charge is 0.246 e. The van der Waals surface area contributed by atoms with Crippen molar-refractivity contribution in [3.8, 4) is 0 Å². The molecule has 7 heteroatoms. The van der Waals surface area contributed by atoms with Gasteiger partial charge in [-0.2, -0.15) is 9.40 Å². The van der Waals surface area contributed by atoms with E-state index in [1.807, 2.05) is 32.9 Å². The third kappa shape index (κ3) is 2.59. The van der Waals surface area contributed by atoms with Gasteiger partial charge in [0.05, 0.1) is 12.2 Å². The summed E-state index contributed by atoms with van der Waals surface area (Å²) in [7, 11) is -3.55. The van der Waals surface area contributed by atoms with E-state index in [0.717, 1.165) is 24.4 Å². The molecule has 0 saturated carbocycles. The topological polar surface area (TPSA) is 68.3 Å². The van der Waals surface area contributed by atoms with Crippen LogP contribution in [-0.4, -0.2) is 29.0 Å². The predicted molar refractivity (Wildman–Crippen MR) is 81.9 cm³/mol. The van der Waals surface area contributed by atoms with Crippen molar-refractivity contribution in [1.82, 2.24) is 14.1 Å². The molecule has 2 aromatic rings. The summed E-state index contributed by atoms with van der Waals surface area (Å²) in [6.45, 7) is 6.31. The normalized spacial score (nSPS) is 20.1. The van der Waals surface area contributed by atoms with Crippen LogP contribution in [0.25, 0.3) is 0 Å². The van der Waals surface area contributed by atoms with E-state index in [-0.39, 0.29) is 17.0 Å². The van der Waals surface area contributed by atoms with Crippen LogP contribution in [0.15, 0.2) is 33.8 Å². The van der Waals surface area contributed by atoms with Crippen LogP contribution >= 0.6 is 0 Å². The van der Waals surface area contributed by atoms with E-state index in [1.165, 1.54) is 10.5 Å². The van der Waals surface area contributed by atoms with Crippen molar-refractivity contribution < 1.29 is 12.8 Å². The number of hydrogen-bond donors (Lipinski definition) is 0. The summed E-state index contributed by atoms with van der Waals surface area (Å²) in [6.07, 6.45) is 4.65. The lowest BCUT2D eigenvalue weighted by molar-refractivity contribution is 0.334. The molecule has 0 N–H and O–H groups in total. The maximum absolute atomic E-state index is 12.9. The first-order valence-electron chi connectivity index (χ1n) is 7.52. The SMILES string of the molecule is Cc1ccc(C2CCCN2S(=O)(=O)c2cnn(C(C)C)c2)o1. The fourth-order valence-electron chi connectivity index (χ4n) is 2.82. The van der Waals surface area contributed by atoms with Crippen molar-refractivity contribution in [1.29, 1.82) is 0 Å². The Bertz CT molecular complexity index is 761. The Morgan fingerprint density at radius 1 is 1.36 bits per heavy atom. The lowest BCUT2D eigenvalue weighted by Crippen LogP contribution is -2.30. The summed E-state index contributed by atoms with van der Waals surface area (Å²) in [4.78, 5) is 0.247. The molecule has 1 aliphatic heterocycles. The Balaban J connectivity index is 1.93. The molecular weight excluding hydrogens is 302 g/mol. The van der Waals surface area contributed by atoms with Gasteiger partial charge in [-0.3, -0.25) is 4.68 Å². The number of sulfonamides is 1. The first-order valence-corrected chi connectivity index (χ1v) is 8.96. The first kappa shape index (κ1) is 15.3. The fourth-order valence-corrected chi connectivity index (χ4v) is 4.42. The second kappa shape index (κ2) is 5.55. The zero-order valence-electron chi connectivity index (χ0n) is 13.1. The third-order valence-electron chi connectivity index (χ3n) is 4.01. The minimum absolute atomic E-state index is 0.131. The first-order chi connectivity index (χ1) is 10.4. The predicted octanol–water partition coefficient (Wildman–Crippen LogP) is 2.89. The molecule has 0 spiro atoms. The second-order valence-corrected chi connectivity index (χ2v) is 7.86. The molecular formula is C15H21N3O3S. The van der Waals surface area contributed by atoms with E-state index in [2.05, 4.69) is 5.10 Å². The third-order valence-corrected chi connectivity index (χ3v) is 5.87. The number of aromatic nitrogens is 2. The van der Waals surface area contributed by atoms with Crippen molar-refractivity contribution in [2.45, 2.75) is 50.6 Å². The van der Waals surface area contributed by atoms with Gasteiger partial charge >= 0.3 is 0 Å². The summed E-state index contributed by atoms with van der Waals surface area (Å²) in [5.74, 6) is 1.52. The Labute approximate surface area is 130 Å². The van der Waals surface area contributed by atoms with Crippen LogP contribution in [0.4, 0.5) is 0 Å². The molecule has 1 saturated heterocycles. The van der Waals surface area contributed by atoms with Crippen LogP contribution < -0.4 is 0 Å². The molecule has 0 aliphatic carbocycles. The summed E-state index contributed by atoms with van der Waals surface area (Å²) < 4.78 is 34.6. The van der Waals surface area contributed by atoms with Gasteiger partial charge in [0, 0.05) is 18.8 Å². The summed E-state index contributed by atoms with van der Waals surface area (Å²) in [5, 5.41) is 4.14. The molecule has 0 amide bonds. The quantitative estimate of drug-likeness (QED) is 0.867. The summed E-state index contributed by atoms with van der Waals surface area (Å²) in [5.41, 5.74) is 0. The van der Waals surface area contributed by atoms with Crippen molar-refractivity contribution in [3.05, 3.63) is 36.0 Å². The molecule has 1 unspecified atom stereocenters. The molecule has 22 heavy (non-hydrogen) atoms. The molecule has 0 bridgehead atoms. The Morgan fingerprint density at radius 3 is 2.73 bits per heavy atom. The van der Waals surface area contributed by atoms with Crippen molar-refractivity contribution >= 4 is 10.0 Å². The molecule has 3 rings (SSSR count). The highest BCUT2D eigenvalue weighted by Gasteiger charge is 2.38. The van der Waals surface area contributed by atoms with E-state index in [4.69, 9.17) is 4.42 Å². The maximum atomic E-state index is 12.9. The van der Waals surface area contributed by atoms with E-state index in [9.17, 15) is 8.42 Å². The van der Waals surface area contributed by atoms with Gasteiger partial charge in [-0.1, -0.05) is 0 Å². The largest absolute Gasteiger partial charge is 0.465 e. The summed E-state index contributed by atoms with van der Waals surface area (Å²) in [6, 6.07) is 3.65. The summed E-state index contributed by atoms with van der Waals surface area (Å²) >= 11 is 0. The maximum Gasteiger partial charge on any atom is 0.246 e. The standard InChI is InChI=1S/C15H21N3O3S/c1-11(2)17-10-13(9-16-17)22(19,20)18-8-4-5-14(18)15-7-6-12(3)21-15/h6-7,9-11,14H,4-5,8H2,1-3H3. The average molecular weight is 323 g/mol. The van der Waals surface area contributed by atoms with Gasteiger partial charge in [-0.15, -0.1) is 0 Å². The number of rotatable bonds is 4. The monoisotopic (exact) mass is 323 g/mol. The number of aryl methyl sites for hydroxylation is 1. The minimum Gasteiger partial charge on any atom is -0.465 e. The molecule has 1 fully saturated rings. The Hall–Kier alpha value is -1.60. The fraction of sp³-hybridized carbons (Fsp3) is 0.533. The molecule has 0 aromatic carbocycles. The van der Waals surface area contributed by atoms with Crippen molar-refractivity contribution in [3.63, 3.8) is 0 Å². The lowest BCUT2D eigenvalue weighted by atomic mass is 10.2. The van der Waals surface area contributed by atoms with Gasteiger partial charge in [-0.05, 0) is 45.7 Å². The second-order valence-electron chi connectivity index (χ2n) is 5.97. The molecule has 0 radical (unpaired) electrons. The molecule has 1 aliphatic rings. The Morgan fingerprint density at radius 2 is 2.14 bits per heavy atom. The van der Waals surface area contributed by atoms with Crippen LogP contribution in [0.5, 0.6) is 0 Å². The van der Waals surface area contributed by atoms with Crippen molar-refractivity contribution in [2.24, 2.45) is 0 Å². The van der Waals surface area contributed by atoms with Crippen LogP contribution in [-0.2, 0) is 10.0 Å². The molecule has 120 valence electrons. The zero-order valence-corrected chi connectivity index (χ0v) is 13.9. The van der Waals surface area contributed by atoms with Gasteiger partial charge in [-0.25, -0.2) is 8.42 Å². The average Bonchev–Trinajstić information content (AvgIpc) is 3.18. The lowest BCUT2D eigenvalue weighted by Gasteiger charge is -2.21. The minimum atomic E-state index is -3.55. The number of hydrogen-bond acceptors (Lipinski definition) is 4. The Kier molecular flexibility index (Phi) is 3.86. The van der Waals surface area contributed by atoms with Crippen LogP contribution in [0.3, 0.4) is 0 Å². The highest BCUT2D eigenvalue weighted by molar-refractivity contribution is 7.89. The molecule has 2 aromatic heterocycles. The van der Waals surface area contributed by atoms with Crippen LogP contribution in [0, 0.1) is 6.92 Å². The van der Waals surface area contributed by atoms with Gasteiger partial charge in [0.2, 0.25) is 10.0 Å². The molecule has 1 atom stereocenters. The van der Waals surface area contributed by atoms with E-state index < -0.39 is 10.0 Å². The highest BCUT2D eigenvalue weighted by atomic mass is 32.2. The van der Waals surface area contributed by atoms with Crippen molar-refractivity contribution in [2.75, 3.05) is 6.54 Å². The van der Waals surface area contributed by atoms with Crippen LogP contribution in [0.1, 0.15) is 50.3 Å². The molecule has 3 heterocycles. The van der Waals surface area contributed by atoms with Gasteiger partial charge < -0.3 is 4.42 Å². The van der Waals surface area contributed by atoms with Crippen LogP contribution in [0.2, 0.25) is 0 Å². The van der Waals surface area contributed by atoms with E-state index in [0.29, 0.717) is 6.54 Å². The van der Waals surface area contributed by atoms with E-state index in [1.54, 1.807) is 10.9 Å². The van der Waals surface area contributed by atoms with Gasteiger partial charge in [0.25, 0.3) is 0 Å². The van der Waals surface area contributed by atoms with E-state index >= 15 is 0 Å². The van der Waals surface area contributed by atoms with Gasteiger partial charge in [0.1, 0.15) is 16.4 Å². The number of nitrogens with zero attached hydrogens (tertiary/aromatic N) is 3. The zero-order chi connectivity index (χ0) is 15.9.